The lowest BCUT2D eigenvalue weighted by molar-refractivity contribution is -0.132. The lowest BCUT2D eigenvalue weighted by atomic mass is 9.95. The Balaban J connectivity index is 1.69. The van der Waals surface area contributed by atoms with Gasteiger partial charge < -0.3 is 14.6 Å². The van der Waals surface area contributed by atoms with Crippen LogP contribution in [-0.2, 0) is 9.59 Å². The molecule has 0 saturated carbocycles. The highest BCUT2D eigenvalue weighted by Crippen LogP contribution is 2.45. The Morgan fingerprint density at radius 2 is 1.73 bits per heavy atom. The maximum absolute atomic E-state index is 13.8. The number of thiazole rings is 1. The van der Waals surface area contributed by atoms with E-state index in [4.69, 9.17) is 9.47 Å². The third kappa shape index (κ3) is 4.53. The van der Waals surface area contributed by atoms with E-state index in [1.807, 2.05) is 13.8 Å². The second kappa shape index (κ2) is 10.0. The van der Waals surface area contributed by atoms with Gasteiger partial charge in [0, 0.05) is 5.56 Å². The average molecular weight is 519 g/mol. The molecule has 5 rings (SSSR count). The number of aromatic nitrogens is 1. The van der Waals surface area contributed by atoms with Crippen molar-refractivity contribution in [1.82, 2.24) is 4.98 Å². The molecule has 0 aliphatic carbocycles. The number of rotatable bonds is 7. The van der Waals surface area contributed by atoms with Gasteiger partial charge in [-0.15, -0.1) is 0 Å². The quantitative estimate of drug-likeness (QED) is 0.187. The Morgan fingerprint density at radius 1 is 1.00 bits per heavy atom. The summed E-state index contributed by atoms with van der Waals surface area (Å²) in [6.07, 6.45) is 0. The first-order valence-corrected chi connectivity index (χ1v) is 12.6. The van der Waals surface area contributed by atoms with Gasteiger partial charge in [-0.05, 0) is 74.0 Å². The molecule has 4 aromatic rings. The minimum atomic E-state index is -0.975. The molecule has 1 aromatic heterocycles. The highest BCUT2D eigenvalue weighted by molar-refractivity contribution is 7.22. The minimum Gasteiger partial charge on any atom is -0.507 e. The van der Waals surface area contributed by atoms with Crippen molar-refractivity contribution in [2.75, 3.05) is 18.1 Å². The van der Waals surface area contributed by atoms with E-state index in [9.17, 15) is 19.1 Å². The second-order valence-corrected chi connectivity index (χ2v) is 9.25. The lowest BCUT2D eigenvalue weighted by Gasteiger charge is -2.23. The molecule has 1 fully saturated rings. The number of hydrogen-bond donors (Lipinski definition) is 1. The van der Waals surface area contributed by atoms with Gasteiger partial charge in [0.25, 0.3) is 5.78 Å². The summed E-state index contributed by atoms with van der Waals surface area (Å²) in [7, 11) is 0. The van der Waals surface area contributed by atoms with Crippen molar-refractivity contribution in [2.45, 2.75) is 19.9 Å². The van der Waals surface area contributed by atoms with Crippen LogP contribution in [0.25, 0.3) is 16.0 Å². The molecular formula is C28H23FN2O5S. The molecular weight excluding hydrogens is 495 g/mol. The molecule has 0 radical (unpaired) electrons. The van der Waals surface area contributed by atoms with E-state index < -0.39 is 23.5 Å². The normalized spacial score (nSPS) is 16.9. The van der Waals surface area contributed by atoms with Crippen LogP contribution >= 0.6 is 11.3 Å². The predicted octanol–water partition coefficient (Wildman–Crippen LogP) is 5.86. The first kappa shape index (κ1) is 24.5. The number of carbonyl (C=O) groups excluding carboxylic acids is 2. The van der Waals surface area contributed by atoms with E-state index in [1.54, 1.807) is 48.5 Å². The van der Waals surface area contributed by atoms with Crippen molar-refractivity contribution in [1.29, 1.82) is 0 Å². The van der Waals surface area contributed by atoms with Crippen LogP contribution in [0.5, 0.6) is 11.5 Å². The van der Waals surface area contributed by atoms with Crippen LogP contribution < -0.4 is 14.4 Å². The van der Waals surface area contributed by atoms with Gasteiger partial charge in [0.2, 0.25) is 0 Å². The summed E-state index contributed by atoms with van der Waals surface area (Å²) in [4.78, 5) is 32.6. The number of aliphatic hydroxyl groups is 1. The number of halogens is 1. The van der Waals surface area contributed by atoms with Gasteiger partial charge in [-0.25, -0.2) is 9.37 Å². The van der Waals surface area contributed by atoms with E-state index in [1.165, 1.54) is 23.1 Å². The van der Waals surface area contributed by atoms with Crippen LogP contribution in [0.3, 0.4) is 0 Å². The standard InChI is InChI=1S/C28H23FN2O5S/c1-3-35-19-11-8-16(9-12-19)25(32)23-24(17-6-5-7-20(14-17)36-4-2)31(27(34)26(23)33)28-30-21-13-10-18(29)15-22(21)37-28/h5-15,24,32H,3-4H2,1-2H3. The second-order valence-electron chi connectivity index (χ2n) is 8.24. The van der Waals surface area contributed by atoms with Gasteiger partial charge in [-0.1, -0.05) is 23.5 Å². The highest BCUT2D eigenvalue weighted by atomic mass is 32.1. The number of amides is 1. The Labute approximate surface area is 216 Å². The third-order valence-electron chi connectivity index (χ3n) is 5.91. The zero-order valence-electron chi connectivity index (χ0n) is 20.1. The number of fused-ring (bicyclic) bond motifs is 1. The molecule has 37 heavy (non-hydrogen) atoms. The van der Waals surface area contributed by atoms with Crippen LogP contribution in [0.15, 0.2) is 72.3 Å². The zero-order chi connectivity index (χ0) is 26.1. The molecule has 1 saturated heterocycles. The number of ketones is 1. The van der Waals surface area contributed by atoms with Gasteiger partial charge in [-0.2, -0.15) is 0 Å². The summed E-state index contributed by atoms with van der Waals surface area (Å²) < 4.78 is 25.5. The first-order valence-electron chi connectivity index (χ1n) is 11.7. The number of aliphatic hydroxyl groups excluding tert-OH is 1. The fraction of sp³-hybridized carbons (Fsp3) is 0.179. The molecule has 1 N–H and O–H groups in total. The van der Waals surface area contributed by atoms with Crippen molar-refractivity contribution in [3.05, 3.63) is 89.2 Å². The molecule has 1 aliphatic rings. The number of ether oxygens (including phenoxy) is 2. The number of hydrogen-bond acceptors (Lipinski definition) is 7. The molecule has 1 unspecified atom stereocenters. The molecule has 9 heteroatoms. The maximum Gasteiger partial charge on any atom is 0.301 e. The summed E-state index contributed by atoms with van der Waals surface area (Å²) in [5, 5.41) is 11.5. The Morgan fingerprint density at radius 3 is 2.46 bits per heavy atom. The smallest absolute Gasteiger partial charge is 0.301 e. The molecule has 188 valence electrons. The molecule has 0 spiro atoms. The first-order chi connectivity index (χ1) is 17.9. The van der Waals surface area contributed by atoms with Gasteiger partial charge in [-0.3, -0.25) is 14.5 Å². The van der Waals surface area contributed by atoms with Gasteiger partial charge in [0.1, 0.15) is 23.1 Å². The van der Waals surface area contributed by atoms with Crippen LogP contribution in [-0.4, -0.2) is 35.0 Å². The third-order valence-corrected chi connectivity index (χ3v) is 6.93. The lowest BCUT2D eigenvalue weighted by Crippen LogP contribution is -2.29. The summed E-state index contributed by atoms with van der Waals surface area (Å²) in [5.41, 5.74) is 1.34. The van der Waals surface area contributed by atoms with Crippen molar-refractivity contribution in [2.24, 2.45) is 0 Å². The maximum atomic E-state index is 13.8. The molecule has 7 nitrogen and oxygen atoms in total. The molecule has 1 aliphatic heterocycles. The average Bonchev–Trinajstić information content (AvgIpc) is 3.42. The van der Waals surface area contributed by atoms with Crippen molar-refractivity contribution in [3.8, 4) is 11.5 Å². The monoisotopic (exact) mass is 518 g/mol. The summed E-state index contributed by atoms with van der Waals surface area (Å²) in [6.45, 7) is 4.63. The topological polar surface area (TPSA) is 89.0 Å². The molecule has 1 atom stereocenters. The van der Waals surface area contributed by atoms with Crippen LogP contribution in [0.2, 0.25) is 0 Å². The summed E-state index contributed by atoms with van der Waals surface area (Å²) in [5.74, 6) is -1.26. The summed E-state index contributed by atoms with van der Waals surface area (Å²) >= 11 is 1.09. The fourth-order valence-corrected chi connectivity index (χ4v) is 5.32. The predicted molar refractivity (Wildman–Crippen MR) is 140 cm³/mol. The number of nitrogens with zero attached hydrogens (tertiary/aromatic N) is 2. The van der Waals surface area contributed by atoms with Crippen LogP contribution in [0.1, 0.15) is 31.0 Å². The molecule has 1 amide bonds. The van der Waals surface area contributed by atoms with Gasteiger partial charge in [0.05, 0.1) is 35.0 Å². The van der Waals surface area contributed by atoms with Gasteiger partial charge in [0.15, 0.2) is 5.13 Å². The van der Waals surface area contributed by atoms with E-state index in [-0.39, 0.29) is 16.5 Å². The van der Waals surface area contributed by atoms with E-state index in [0.29, 0.717) is 46.1 Å². The van der Waals surface area contributed by atoms with Crippen molar-refractivity contribution >= 4 is 44.1 Å². The SMILES string of the molecule is CCOc1ccc(C(O)=C2C(=O)C(=O)N(c3nc4ccc(F)cc4s3)C2c2cccc(OCC)c2)cc1. The Bertz CT molecular complexity index is 1530. The van der Waals surface area contributed by atoms with E-state index >= 15 is 0 Å². The van der Waals surface area contributed by atoms with E-state index in [2.05, 4.69) is 4.98 Å². The highest BCUT2D eigenvalue weighted by Gasteiger charge is 2.48. The van der Waals surface area contributed by atoms with Gasteiger partial charge >= 0.3 is 5.91 Å². The number of carbonyl (C=O) groups is 2. The largest absolute Gasteiger partial charge is 0.507 e. The molecule has 3 aromatic carbocycles. The zero-order valence-corrected chi connectivity index (χ0v) is 20.9. The fourth-order valence-electron chi connectivity index (χ4n) is 4.31. The molecule has 2 heterocycles. The minimum absolute atomic E-state index is 0.0757. The number of Topliss-reactive ketones (excluding diaryl/α,β-unsaturated/α-hetero) is 1. The summed E-state index contributed by atoms with van der Waals surface area (Å²) in [6, 6.07) is 16.8. The Hall–Kier alpha value is -4.24. The Kier molecular flexibility index (Phi) is 6.62. The van der Waals surface area contributed by atoms with E-state index in [0.717, 1.165) is 11.3 Å². The molecule has 0 bridgehead atoms. The van der Waals surface area contributed by atoms with Crippen LogP contribution in [0.4, 0.5) is 9.52 Å². The van der Waals surface area contributed by atoms with Crippen molar-refractivity contribution < 1.29 is 28.6 Å². The number of benzene rings is 3. The number of anilines is 1. The van der Waals surface area contributed by atoms with Crippen molar-refractivity contribution in [3.63, 3.8) is 0 Å². The van der Waals surface area contributed by atoms with Crippen LogP contribution in [0, 0.1) is 5.82 Å².